The summed E-state index contributed by atoms with van der Waals surface area (Å²) in [6.07, 6.45) is -4.91. The van der Waals surface area contributed by atoms with E-state index in [0.29, 0.717) is 5.56 Å². The van der Waals surface area contributed by atoms with E-state index in [4.69, 9.17) is 10.8 Å². The highest BCUT2D eigenvalue weighted by atomic mass is 32.2. The molecule has 0 saturated heterocycles. The maximum Gasteiger partial charge on any atom is 0.305 e. The summed E-state index contributed by atoms with van der Waals surface area (Å²) < 4.78 is 0. The summed E-state index contributed by atoms with van der Waals surface area (Å²) in [5, 5.41) is 53.7. The fourth-order valence-electron chi connectivity index (χ4n) is 2.73. The molecule has 0 bridgehead atoms. The lowest BCUT2D eigenvalue weighted by molar-refractivity contribution is -0.144. The third-order valence-corrected chi connectivity index (χ3v) is 5.15. The molecule has 9 N–H and O–H groups in total. The van der Waals surface area contributed by atoms with Crippen molar-refractivity contribution in [1.29, 1.82) is 0 Å². The van der Waals surface area contributed by atoms with Gasteiger partial charge in [-0.2, -0.15) is 11.8 Å². The Hall–Kier alpha value is -2.22. The van der Waals surface area contributed by atoms with E-state index in [2.05, 4.69) is 10.6 Å². The van der Waals surface area contributed by atoms with E-state index in [1.165, 1.54) is 11.8 Å². The zero-order valence-corrected chi connectivity index (χ0v) is 17.7. The highest BCUT2D eigenvalue weighted by Crippen LogP contribution is 2.17. The maximum atomic E-state index is 12.4. The lowest BCUT2D eigenvalue weighted by Gasteiger charge is -2.30. The summed E-state index contributed by atoms with van der Waals surface area (Å²) >= 11 is 1.31. The molecule has 1 rings (SSSR count). The van der Waals surface area contributed by atoms with Gasteiger partial charge in [0.05, 0.1) is 31.2 Å². The van der Waals surface area contributed by atoms with Crippen LogP contribution in [0.3, 0.4) is 0 Å². The Labute approximate surface area is 183 Å². The quantitative estimate of drug-likeness (QED) is 0.157. The van der Waals surface area contributed by atoms with E-state index in [0.717, 1.165) is 0 Å². The summed E-state index contributed by atoms with van der Waals surface area (Å²) in [6, 6.07) is 4.83. The Bertz CT molecular complexity index is 723. The van der Waals surface area contributed by atoms with Crippen LogP contribution in [0, 0.1) is 0 Å². The van der Waals surface area contributed by atoms with Crippen molar-refractivity contribution in [3.05, 3.63) is 35.9 Å². The molecular formula is C19H29N3O8S. The Morgan fingerprint density at radius 1 is 1.03 bits per heavy atom. The summed E-state index contributed by atoms with van der Waals surface area (Å²) in [4.78, 5) is 35.5. The highest BCUT2D eigenvalue weighted by Gasteiger charge is 2.37. The minimum absolute atomic E-state index is 0.276. The normalized spacial score (nSPS) is 17.0. The van der Waals surface area contributed by atoms with Gasteiger partial charge in [-0.25, -0.2) is 0 Å². The number of aliphatic hydroxyl groups is 4. The van der Waals surface area contributed by atoms with Crippen molar-refractivity contribution in [2.24, 2.45) is 5.73 Å². The van der Waals surface area contributed by atoms with Crippen LogP contribution in [0.15, 0.2) is 30.3 Å². The van der Waals surface area contributed by atoms with E-state index in [-0.39, 0.29) is 5.75 Å². The summed E-state index contributed by atoms with van der Waals surface area (Å²) in [6.45, 7) is -0.796. The molecule has 31 heavy (non-hydrogen) atoms. The molecule has 0 fully saturated rings. The first kappa shape index (κ1) is 26.8. The predicted molar refractivity (Wildman–Crippen MR) is 113 cm³/mol. The van der Waals surface area contributed by atoms with Crippen molar-refractivity contribution in [2.75, 3.05) is 18.6 Å². The number of nitrogens with two attached hydrogens (primary N) is 1. The van der Waals surface area contributed by atoms with Crippen LogP contribution in [-0.4, -0.2) is 92.3 Å². The fraction of sp³-hybridized carbons (Fsp3) is 0.526. The molecule has 6 unspecified atom stereocenters. The molecular weight excluding hydrogens is 430 g/mol. The van der Waals surface area contributed by atoms with Crippen molar-refractivity contribution in [3.63, 3.8) is 0 Å². The molecule has 2 amide bonds. The largest absolute Gasteiger partial charge is 0.481 e. The molecule has 0 radical (unpaired) electrons. The Morgan fingerprint density at radius 3 is 2.16 bits per heavy atom. The van der Waals surface area contributed by atoms with Crippen LogP contribution >= 0.6 is 11.8 Å². The van der Waals surface area contributed by atoms with Crippen LogP contribution in [0.2, 0.25) is 0 Å². The fourth-order valence-corrected chi connectivity index (χ4v) is 3.24. The van der Waals surface area contributed by atoms with Gasteiger partial charge in [0, 0.05) is 5.75 Å². The molecule has 1 aromatic carbocycles. The second-order valence-corrected chi connectivity index (χ2v) is 7.77. The lowest BCUT2D eigenvalue weighted by Crippen LogP contribution is -2.58. The van der Waals surface area contributed by atoms with Crippen molar-refractivity contribution in [1.82, 2.24) is 10.6 Å². The van der Waals surface area contributed by atoms with Gasteiger partial charge in [-0.1, -0.05) is 30.3 Å². The van der Waals surface area contributed by atoms with Gasteiger partial charge in [0.25, 0.3) is 5.91 Å². The van der Waals surface area contributed by atoms with Crippen LogP contribution in [0.25, 0.3) is 0 Å². The third-order valence-electron chi connectivity index (χ3n) is 4.46. The van der Waals surface area contributed by atoms with Gasteiger partial charge in [-0.3, -0.25) is 14.4 Å². The molecule has 0 aliphatic carbocycles. The van der Waals surface area contributed by atoms with Crippen LogP contribution in [0.1, 0.15) is 18.0 Å². The van der Waals surface area contributed by atoms with Crippen molar-refractivity contribution in [2.45, 2.75) is 42.9 Å². The topological polar surface area (TPSA) is 202 Å². The molecule has 0 aromatic heterocycles. The number of carbonyl (C=O) groups is 3. The van der Waals surface area contributed by atoms with E-state index in [9.17, 15) is 34.8 Å². The number of carbonyl (C=O) groups excluding carboxylic acids is 2. The number of amides is 2. The first-order valence-electron chi connectivity index (χ1n) is 9.39. The number of hydrogen-bond donors (Lipinski definition) is 8. The van der Waals surface area contributed by atoms with E-state index >= 15 is 0 Å². The number of hydrogen-bond acceptors (Lipinski definition) is 9. The number of carboxylic acids is 1. The van der Waals surface area contributed by atoms with Crippen LogP contribution < -0.4 is 16.4 Å². The molecule has 174 valence electrons. The standard InChI is InChI=1S/C19H29N3O8S/c1-31-9-11(20)18(29)22-13(8-23)15(26)16(27)17(28)19(30)21-12(7-14(24)25)10-5-3-2-4-6-10/h2-6,11-13,15-17,23,26-28H,7-9,20H2,1H3,(H,21,30)(H,22,29)(H,24,25). The number of aliphatic carboxylic acids is 1. The van der Waals surface area contributed by atoms with Gasteiger partial charge in [0.2, 0.25) is 5.91 Å². The predicted octanol–water partition coefficient (Wildman–Crippen LogP) is -2.43. The smallest absolute Gasteiger partial charge is 0.305 e. The van der Waals surface area contributed by atoms with E-state index in [1.807, 2.05) is 0 Å². The van der Waals surface area contributed by atoms with Crippen LogP contribution in [0.4, 0.5) is 0 Å². The van der Waals surface area contributed by atoms with Gasteiger partial charge in [-0.05, 0) is 11.8 Å². The molecule has 6 atom stereocenters. The summed E-state index contributed by atoms with van der Waals surface area (Å²) in [5.74, 6) is -2.75. The van der Waals surface area contributed by atoms with Gasteiger partial charge in [-0.15, -0.1) is 0 Å². The second-order valence-electron chi connectivity index (χ2n) is 6.86. The molecule has 1 aromatic rings. The number of thioether (sulfide) groups is 1. The molecule has 0 aliphatic heterocycles. The van der Waals surface area contributed by atoms with Gasteiger partial charge >= 0.3 is 5.97 Å². The summed E-state index contributed by atoms with van der Waals surface area (Å²) in [7, 11) is 0. The SMILES string of the molecule is CSCC(N)C(=O)NC(CO)C(O)C(O)C(O)C(=O)NC(CC(=O)O)c1ccccc1. The average Bonchev–Trinajstić information content (AvgIpc) is 2.75. The highest BCUT2D eigenvalue weighted by molar-refractivity contribution is 7.98. The monoisotopic (exact) mass is 459 g/mol. The average molecular weight is 460 g/mol. The summed E-state index contributed by atoms with van der Waals surface area (Å²) in [5.41, 5.74) is 6.11. The minimum Gasteiger partial charge on any atom is -0.481 e. The van der Waals surface area contributed by atoms with Crippen LogP contribution in [0.5, 0.6) is 0 Å². The van der Waals surface area contributed by atoms with Crippen molar-refractivity contribution < 1.29 is 39.9 Å². The Balaban J connectivity index is 2.83. The number of rotatable bonds is 13. The van der Waals surface area contributed by atoms with Gasteiger partial charge in [0.15, 0.2) is 6.10 Å². The molecule has 11 nitrogen and oxygen atoms in total. The van der Waals surface area contributed by atoms with Gasteiger partial charge in [0.1, 0.15) is 12.2 Å². The number of benzene rings is 1. The molecule has 12 heteroatoms. The molecule has 0 heterocycles. The first-order valence-corrected chi connectivity index (χ1v) is 10.8. The van der Waals surface area contributed by atoms with Crippen LogP contribution in [-0.2, 0) is 14.4 Å². The number of carboxylic acid groups (broad SMARTS) is 1. The first-order chi connectivity index (χ1) is 14.6. The van der Waals surface area contributed by atoms with Gasteiger partial charge < -0.3 is 41.9 Å². The second kappa shape index (κ2) is 13.2. The zero-order valence-electron chi connectivity index (χ0n) is 16.9. The minimum atomic E-state index is -2.17. The molecule has 0 spiro atoms. The lowest BCUT2D eigenvalue weighted by atomic mass is 9.99. The van der Waals surface area contributed by atoms with E-state index in [1.54, 1.807) is 36.6 Å². The Morgan fingerprint density at radius 2 is 1.65 bits per heavy atom. The number of nitrogens with one attached hydrogen (secondary N) is 2. The number of aliphatic hydroxyl groups excluding tert-OH is 4. The molecule has 0 aliphatic rings. The van der Waals surface area contributed by atoms with E-state index < -0.39 is 67.2 Å². The molecule has 0 saturated carbocycles. The Kier molecular flexibility index (Phi) is 11.5. The third kappa shape index (κ3) is 8.44. The zero-order chi connectivity index (χ0) is 23.6. The maximum absolute atomic E-state index is 12.4. The van der Waals surface area contributed by atoms with Crippen molar-refractivity contribution >= 4 is 29.5 Å². The van der Waals surface area contributed by atoms with Crippen molar-refractivity contribution in [3.8, 4) is 0 Å².